The number of nitrogens with one attached hydrogen (secondary N) is 1. The van der Waals surface area contributed by atoms with Gasteiger partial charge in [-0.2, -0.15) is 0 Å². The second kappa shape index (κ2) is 9.73. The van der Waals surface area contributed by atoms with Crippen molar-refractivity contribution in [1.29, 1.82) is 0 Å². The first-order valence-corrected chi connectivity index (χ1v) is 9.97. The van der Waals surface area contributed by atoms with Crippen molar-refractivity contribution in [2.24, 2.45) is 0 Å². The number of quaternary nitrogens is 1. The van der Waals surface area contributed by atoms with E-state index in [2.05, 4.69) is 13.8 Å². The number of thioether (sulfide) groups is 1. The first-order valence-electron chi connectivity index (χ1n) is 8.82. The SMILES string of the molecule is CCOC(=O)c1c(CSCC[NH+](CC)CC)oc2ccc(OC)cc12. The van der Waals surface area contributed by atoms with Crippen molar-refractivity contribution < 1.29 is 23.6 Å². The maximum atomic E-state index is 12.4. The van der Waals surface area contributed by atoms with Crippen LogP contribution in [0.1, 0.15) is 36.9 Å². The lowest BCUT2D eigenvalue weighted by Crippen LogP contribution is -3.11. The van der Waals surface area contributed by atoms with E-state index in [1.807, 2.05) is 25.1 Å². The molecule has 6 heteroatoms. The summed E-state index contributed by atoms with van der Waals surface area (Å²) < 4.78 is 16.5. The third-order valence-electron chi connectivity index (χ3n) is 4.28. The third-order valence-corrected chi connectivity index (χ3v) is 5.24. The fourth-order valence-corrected chi connectivity index (χ4v) is 3.73. The highest BCUT2D eigenvalue weighted by Gasteiger charge is 2.22. The minimum atomic E-state index is -0.334. The number of furan rings is 1. The number of rotatable bonds is 10. The number of ether oxygens (including phenoxy) is 2. The van der Waals surface area contributed by atoms with Crippen LogP contribution in [0.2, 0.25) is 0 Å². The Morgan fingerprint density at radius 2 is 2.00 bits per heavy atom. The third kappa shape index (κ3) is 4.92. The zero-order chi connectivity index (χ0) is 18.2. The summed E-state index contributed by atoms with van der Waals surface area (Å²) in [5.41, 5.74) is 1.22. The van der Waals surface area contributed by atoms with Gasteiger partial charge in [0.2, 0.25) is 0 Å². The second-order valence-corrected chi connectivity index (χ2v) is 6.85. The highest BCUT2D eigenvalue weighted by molar-refractivity contribution is 7.98. The molecule has 0 unspecified atom stereocenters. The number of carbonyl (C=O) groups excluding carboxylic acids is 1. The van der Waals surface area contributed by atoms with Gasteiger partial charge < -0.3 is 18.8 Å². The topological polar surface area (TPSA) is 53.1 Å². The zero-order valence-electron chi connectivity index (χ0n) is 15.5. The van der Waals surface area contributed by atoms with Crippen LogP contribution in [0.4, 0.5) is 0 Å². The second-order valence-electron chi connectivity index (χ2n) is 5.74. The van der Waals surface area contributed by atoms with Gasteiger partial charge in [-0.05, 0) is 39.0 Å². The van der Waals surface area contributed by atoms with Crippen LogP contribution in [0.5, 0.6) is 5.75 Å². The number of hydrogen-bond donors (Lipinski definition) is 1. The zero-order valence-corrected chi connectivity index (χ0v) is 16.3. The summed E-state index contributed by atoms with van der Waals surface area (Å²) in [6, 6.07) is 5.51. The quantitative estimate of drug-likeness (QED) is 0.518. The van der Waals surface area contributed by atoms with Crippen molar-refractivity contribution in [3.05, 3.63) is 29.5 Å². The predicted octanol–water partition coefficient (Wildman–Crippen LogP) is 2.78. The molecule has 1 aromatic carbocycles. The van der Waals surface area contributed by atoms with E-state index in [-0.39, 0.29) is 5.97 Å². The Morgan fingerprint density at radius 3 is 2.64 bits per heavy atom. The summed E-state index contributed by atoms with van der Waals surface area (Å²) >= 11 is 1.79. The van der Waals surface area contributed by atoms with E-state index in [9.17, 15) is 4.79 Å². The number of carbonyl (C=O) groups is 1. The molecule has 0 aliphatic rings. The first-order chi connectivity index (χ1) is 12.1. The Kier molecular flexibility index (Phi) is 7.65. The van der Waals surface area contributed by atoms with Crippen LogP contribution in [0.15, 0.2) is 22.6 Å². The normalized spacial score (nSPS) is 11.2. The van der Waals surface area contributed by atoms with E-state index >= 15 is 0 Å². The molecule has 5 nitrogen and oxygen atoms in total. The summed E-state index contributed by atoms with van der Waals surface area (Å²) in [6.07, 6.45) is 0. The van der Waals surface area contributed by atoms with Crippen molar-refractivity contribution in [3.63, 3.8) is 0 Å². The number of esters is 1. The average molecular weight is 367 g/mol. The Hall–Kier alpha value is -1.66. The summed E-state index contributed by atoms with van der Waals surface area (Å²) in [7, 11) is 1.61. The van der Waals surface area contributed by atoms with Gasteiger partial charge in [0, 0.05) is 11.1 Å². The molecule has 1 N–H and O–H groups in total. The van der Waals surface area contributed by atoms with Crippen LogP contribution >= 0.6 is 11.8 Å². The lowest BCUT2D eigenvalue weighted by atomic mass is 10.1. The number of hydrogen-bond acceptors (Lipinski definition) is 5. The van der Waals surface area contributed by atoms with Gasteiger partial charge in [0.1, 0.15) is 22.7 Å². The van der Waals surface area contributed by atoms with Crippen molar-refractivity contribution in [1.82, 2.24) is 0 Å². The Bertz CT molecular complexity index is 694. The van der Waals surface area contributed by atoms with E-state index < -0.39 is 0 Å². The molecule has 0 saturated carbocycles. The molecular weight excluding hydrogens is 338 g/mol. The molecule has 0 radical (unpaired) electrons. The standard InChI is InChI=1S/C19H27NO4S/c1-5-20(6-2)10-11-25-13-17-18(19(21)23-7-3)15-12-14(22-4)8-9-16(15)24-17/h8-9,12H,5-7,10-11,13H2,1-4H3/p+1. The minimum absolute atomic E-state index is 0.334. The number of methoxy groups -OCH3 is 1. The number of benzene rings is 1. The van der Waals surface area contributed by atoms with Crippen molar-refractivity contribution in [2.75, 3.05) is 39.1 Å². The first kappa shape index (κ1) is 19.7. The molecule has 1 heterocycles. The molecule has 0 spiro atoms. The van der Waals surface area contributed by atoms with E-state index in [1.165, 1.54) is 0 Å². The average Bonchev–Trinajstić information content (AvgIpc) is 2.99. The van der Waals surface area contributed by atoms with Gasteiger partial charge in [-0.3, -0.25) is 0 Å². The highest BCUT2D eigenvalue weighted by Crippen LogP contribution is 2.32. The lowest BCUT2D eigenvalue weighted by molar-refractivity contribution is -0.893. The molecule has 0 amide bonds. The maximum absolute atomic E-state index is 12.4. The largest absolute Gasteiger partial charge is 0.497 e. The number of fused-ring (bicyclic) bond motifs is 1. The van der Waals surface area contributed by atoms with Crippen molar-refractivity contribution in [3.8, 4) is 5.75 Å². The summed E-state index contributed by atoms with van der Waals surface area (Å²) in [6.45, 7) is 9.94. The molecule has 2 rings (SSSR count). The molecule has 138 valence electrons. The van der Waals surface area contributed by atoms with E-state index in [0.717, 1.165) is 30.8 Å². The van der Waals surface area contributed by atoms with Gasteiger partial charge >= 0.3 is 5.97 Å². The van der Waals surface area contributed by atoms with E-state index in [1.54, 1.807) is 23.8 Å². The van der Waals surface area contributed by atoms with Crippen molar-refractivity contribution in [2.45, 2.75) is 26.5 Å². The molecule has 1 aromatic heterocycles. The molecule has 2 aromatic rings. The van der Waals surface area contributed by atoms with Gasteiger partial charge in [0.25, 0.3) is 0 Å². The molecule has 25 heavy (non-hydrogen) atoms. The van der Waals surface area contributed by atoms with Crippen LogP contribution in [0.3, 0.4) is 0 Å². The summed E-state index contributed by atoms with van der Waals surface area (Å²) in [4.78, 5) is 14.0. The molecule has 0 fully saturated rings. The van der Waals surface area contributed by atoms with Gasteiger partial charge in [0.05, 0.1) is 39.1 Å². The smallest absolute Gasteiger partial charge is 0.342 e. The predicted molar refractivity (Wildman–Crippen MR) is 102 cm³/mol. The highest BCUT2D eigenvalue weighted by atomic mass is 32.2. The van der Waals surface area contributed by atoms with Crippen LogP contribution in [0, 0.1) is 0 Å². The molecule has 0 saturated heterocycles. The fourth-order valence-electron chi connectivity index (χ4n) is 2.77. The van der Waals surface area contributed by atoms with E-state index in [0.29, 0.717) is 35.0 Å². The maximum Gasteiger partial charge on any atom is 0.342 e. The van der Waals surface area contributed by atoms with Gasteiger partial charge in [0.15, 0.2) is 0 Å². The summed E-state index contributed by atoms with van der Waals surface area (Å²) in [5, 5.41) is 0.753. The van der Waals surface area contributed by atoms with Crippen LogP contribution < -0.4 is 9.64 Å². The van der Waals surface area contributed by atoms with Crippen molar-refractivity contribution >= 4 is 28.7 Å². The Balaban J connectivity index is 2.19. The fraction of sp³-hybridized carbons (Fsp3) is 0.526. The molecule has 0 aliphatic heterocycles. The Labute approximate surface area is 153 Å². The Morgan fingerprint density at radius 1 is 1.24 bits per heavy atom. The lowest BCUT2D eigenvalue weighted by Gasteiger charge is -2.14. The van der Waals surface area contributed by atoms with Crippen LogP contribution in [-0.2, 0) is 10.5 Å². The van der Waals surface area contributed by atoms with Crippen LogP contribution in [0.25, 0.3) is 11.0 Å². The van der Waals surface area contributed by atoms with Gasteiger partial charge in [-0.1, -0.05) is 0 Å². The van der Waals surface area contributed by atoms with Crippen LogP contribution in [-0.4, -0.2) is 45.1 Å². The van der Waals surface area contributed by atoms with E-state index in [4.69, 9.17) is 13.9 Å². The monoisotopic (exact) mass is 366 g/mol. The molecule has 0 aliphatic carbocycles. The summed E-state index contributed by atoms with van der Waals surface area (Å²) in [5.74, 6) is 2.73. The molecule has 0 bridgehead atoms. The molecular formula is C19H28NO4S+. The minimum Gasteiger partial charge on any atom is -0.497 e. The van der Waals surface area contributed by atoms with Gasteiger partial charge in [-0.25, -0.2) is 4.79 Å². The molecule has 0 atom stereocenters. The van der Waals surface area contributed by atoms with Gasteiger partial charge in [-0.15, -0.1) is 11.8 Å².